The molecule has 0 bridgehead atoms. The van der Waals surface area contributed by atoms with Crippen LogP contribution >= 0.6 is 11.8 Å². The molecule has 29 heavy (non-hydrogen) atoms. The summed E-state index contributed by atoms with van der Waals surface area (Å²) >= 11 is 2.03. The van der Waals surface area contributed by atoms with Crippen molar-refractivity contribution in [2.45, 2.75) is 19.9 Å². The van der Waals surface area contributed by atoms with Crippen molar-refractivity contribution < 1.29 is 4.79 Å². The average molecular weight is 406 g/mol. The molecule has 1 saturated heterocycles. The lowest BCUT2D eigenvalue weighted by molar-refractivity contribution is -0.115. The third-order valence-electron chi connectivity index (χ3n) is 5.28. The van der Waals surface area contributed by atoms with Crippen molar-refractivity contribution in [2.75, 3.05) is 29.9 Å². The number of hydrogen-bond donors (Lipinski definition) is 1. The predicted molar refractivity (Wildman–Crippen MR) is 122 cm³/mol. The molecule has 0 saturated carbocycles. The van der Waals surface area contributed by atoms with Crippen LogP contribution in [0.1, 0.15) is 16.7 Å². The van der Waals surface area contributed by atoms with Crippen LogP contribution in [0.25, 0.3) is 5.69 Å². The van der Waals surface area contributed by atoms with Gasteiger partial charge in [-0.3, -0.25) is 9.69 Å². The van der Waals surface area contributed by atoms with E-state index in [1.807, 2.05) is 66.6 Å². The van der Waals surface area contributed by atoms with Gasteiger partial charge in [0, 0.05) is 54.9 Å². The molecule has 1 N–H and O–H groups in total. The van der Waals surface area contributed by atoms with Gasteiger partial charge in [-0.05, 0) is 53.9 Å². The molecule has 0 radical (unpaired) electrons. The minimum absolute atomic E-state index is 0.0163. The van der Waals surface area contributed by atoms with Crippen molar-refractivity contribution in [3.05, 3.63) is 83.7 Å². The Morgan fingerprint density at radius 3 is 2.38 bits per heavy atom. The molecule has 0 atom stereocenters. The standard InChI is InChI=1S/C24H27N3OS/c1-19-16-21(18-26-12-14-29-15-13-26)6-9-23(19)25-24(28)17-20-4-7-22(8-5-20)27-10-2-3-11-27/h2-11,16H,12-15,17-18H2,1H3,(H,25,28). The lowest BCUT2D eigenvalue weighted by Gasteiger charge is -2.26. The molecule has 4 rings (SSSR count). The van der Waals surface area contributed by atoms with Gasteiger partial charge in [0.1, 0.15) is 0 Å². The Balaban J connectivity index is 1.34. The minimum atomic E-state index is 0.0163. The van der Waals surface area contributed by atoms with E-state index < -0.39 is 0 Å². The second kappa shape index (κ2) is 9.33. The molecule has 150 valence electrons. The molecule has 2 heterocycles. The first-order chi connectivity index (χ1) is 14.2. The van der Waals surface area contributed by atoms with Gasteiger partial charge in [-0.15, -0.1) is 0 Å². The van der Waals surface area contributed by atoms with Gasteiger partial charge in [0.15, 0.2) is 0 Å². The van der Waals surface area contributed by atoms with Crippen LogP contribution in [-0.4, -0.2) is 40.0 Å². The zero-order chi connectivity index (χ0) is 20.1. The lowest BCUT2D eigenvalue weighted by atomic mass is 10.1. The fraction of sp³-hybridized carbons (Fsp3) is 0.292. The maximum Gasteiger partial charge on any atom is 0.228 e. The molecule has 5 heteroatoms. The van der Waals surface area contributed by atoms with Crippen LogP contribution in [0.2, 0.25) is 0 Å². The quantitative estimate of drug-likeness (QED) is 0.655. The van der Waals surface area contributed by atoms with Crippen LogP contribution in [0.3, 0.4) is 0 Å². The number of thioether (sulfide) groups is 1. The summed E-state index contributed by atoms with van der Waals surface area (Å²) in [7, 11) is 0. The van der Waals surface area contributed by atoms with Crippen molar-refractivity contribution in [1.82, 2.24) is 9.47 Å². The highest BCUT2D eigenvalue weighted by atomic mass is 32.2. The van der Waals surface area contributed by atoms with E-state index in [0.717, 1.165) is 42.1 Å². The van der Waals surface area contributed by atoms with Crippen molar-refractivity contribution in [3.8, 4) is 5.69 Å². The highest BCUT2D eigenvalue weighted by Crippen LogP contribution is 2.20. The summed E-state index contributed by atoms with van der Waals surface area (Å²) in [6.07, 6.45) is 4.40. The number of rotatable bonds is 6. The molecular formula is C24H27N3OS. The van der Waals surface area contributed by atoms with Crippen LogP contribution in [0.15, 0.2) is 67.0 Å². The summed E-state index contributed by atoms with van der Waals surface area (Å²) in [5, 5.41) is 3.07. The number of aromatic nitrogens is 1. The highest BCUT2D eigenvalue weighted by molar-refractivity contribution is 7.99. The Morgan fingerprint density at radius 2 is 1.69 bits per heavy atom. The summed E-state index contributed by atoms with van der Waals surface area (Å²) in [5.41, 5.74) is 5.43. The third kappa shape index (κ3) is 5.31. The number of nitrogens with one attached hydrogen (secondary N) is 1. The Kier molecular flexibility index (Phi) is 6.37. The SMILES string of the molecule is Cc1cc(CN2CCSCC2)ccc1NC(=O)Cc1ccc(-n2cccc2)cc1. The van der Waals surface area contributed by atoms with Gasteiger partial charge in [-0.25, -0.2) is 0 Å². The smallest absolute Gasteiger partial charge is 0.228 e. The molecule has 0 unspecified atom stereocenters. The van der Waals surface area contributed by atoms with Crippen LogP contribution in [0, 0.1) is 6.92 Å². The molecular weight excluding hydrogens is 378 g/mol. The maximum absolute atomic E-state index is 12.5. The average Bonchev–Trinajstić information content (AvgIpc) is 3.26. The van der Waals surface area contributed by atoms with Gasteiger partial charge >= 0.3 is 0 Å². The minimum Gasteiger partial charge on any atom is -0.326 e. The molecule has 1 amide bonds. The van der Waals surface area contributed by atoms with Crippen molar-refractivity contribution in [1.29, 1.82) is 0 Å². The number of aryl methyl sites for hydroxylation is 1. The van der Waals surface area contributed by atoms with Gasteiger partial charge in [0.05, 0.1) is 6.42 Å². The van der Waals surface area contributed by atoms with E-state index in [4.69, 9.17) is 0 Å². The molecule has 3 aromatic rings. The Morgan fingerprint density at radius 1 is 1.00 bits per heavy atom. The molecule has 1 aromatic heterocycles. The number of carbonyl (C=O) groups excluding carboxylic acids is 1. The normalized spacial score (nSPS) is 14.7. The second-order valence-corrected chi connectivity index (χ2v) is 8.74. The summed E-state index contributed by atoms with van der Waals surface area (Å²) in [6, 6.07) is 18.5. The summed E-state index contributed by atoms with van der Waals surface area (Å²) in [4.78, 5) is 15.0. The molecule has 0 aliphatic carbocycles. The second-order valence-electron chi connectivity index (χ2n) is 7.52. The van der Waals surface area contributed by atoms with Gasteiger partial charge < -0.3 is 9.88 Å². The first kappa shape index (κ1) is 19.8. The van der Waals surface area contributed by atoms with Crippen molar-refractivity contribution in [2.24, 2.45) is 0 Å². The van der Waals surface area contributed by atoms with E-state index in [-0.39, 0.29) is 5.91 Å². The van der Waals surface area contributed by atoms with Crippen LogP contribution < -0.4 is 5.32 Å². The first-order valence-corrected chi connectivity index (χ1v) is 11.2. The van der Waals surface area contributed by atoms with Crippen LogP contribution in [0.4, 0.5) is 5.69 Å². The van der Waals surface area contributed by atoms with E-state index in [2.05, 4.69) is 33.8 Å². The first-order valence-electron chi connectivity index (χ1n) is 10.1. The van der Waals surface area contributed by atoms with E-state index in [0.29, 0.717) is 6.42 Å². The summed E-state index contributed by atoms with van der Waals surface area (Å²) in [6.45, 7) is 5.37. The monoisotopic (exact) mass is 405 g/mol. The zero-order valence-electron chi connectivity index (χ0n) is 16.8. The maximum atomic E-state index is 12.5. The highest BCUT2D eigenvalue weighted by Gasteiger charge is 2.12. The Hall–Kier alpha value is -2.50. The van der Waals surface area contributed by atoms with Crippen LogP contribution in [-0.2, 0) is 17.8 Å². The number of amides is 1. The summed E-state index contributed by atoms with van der Waals surface area (Å²) < 4.78 is 2.05. The van der Waals surface area contributed by atoms with Crippen molar-refractivity contribution in [3.63, 3.8) is 0 Å². The third-order valence-corrected chi connectivity index (χ3v) is 6.22. The van der Waals surface area contributed by atoms with E-state index in [1.54, 1.807) is 0 Å². The molecule has 4 nitrogen and oxygen atoms in total. The van der Waals surface area contributed by atoms with E-state index in [9.17, 15) is 4.79 Å². The van der Waals surface area contributed by atoms with Gasteiger partial charge in [0.25, 0.3) is 0 Å². The number of carbonyl (C=O) groups is 1. The van der Waals surface area contributed by atoms with E-state index >= 15 is 0 Å². The fourth-order valence-electron chi connectivity index (χ4n) is 3.65. The molecule has 1 fully saturated rings. The number of hydrogen-bond acceptors (Lipinski definition) is 3. The number of anilines is 1. The summed E-state index contributed by atoms with van der Waals surface area (Å²) in [5.74, 6) is 2.46. The predicted octanol–water partition coefficient (Wildman–Crippen LogP) is 4.52. The molecule has 1 aliphatic rings. The molecule has 0 spiro atoms. The lowest BCUT2D eigenvalue weighted by Crippen LogP contribution is -2.31. The zero-order valence-corrected chi connectivity index (χ0v) is 17.6. The fourth-order valence-corrected chi connectivity index (χ4v) is 4.63. The largest absolute Gasteiger partial charge is 0.326 e. The van der Waals surface area contributed by atoms with Gasteiger partial charge in [-0.1, -0.05) is 24.3 Å². The van der Waals surface area contributed by atoms with Gasteiger partial charge in [-0.2, -0.15) is 11.8 Å². The number of benzene rings is 2. The topological polar surface area (TPSA) is 37.3 Å². The van der Waals surface area contributed by atoms with Gasteiger partial charge in [0.2, 0.25) is 5.91 Å². The Bertz CT molecular complexity index is 945. The Labute approximate surface area is 176 Å². The van der Waals surface area contributed by atoms with E-state index in [1.165, 1.54) is 17.1 Å². The number of nitrogens with zero attached hydrogens (tertiary/aromatic N) is 2. The van der Waals surface area contributed by atoms with Crippen molar-refractivity contribution >= 4 is 23.4 Å². The molecule has 2 aromatic carbocycles. The molecule has 1 aliphatic heterocycles. The van der Waals surface area contributed by atoms with Crippen LogP contribution in [0.5, 0.6) is 0 Å².